The van der Waals surface area contributed by atoms with Gasteiger partial charge in [0.25, 0.3) is 5.56 Å². The third-order valence-corrected chi connectivity index (χ3v) is 5.15. The number of aromatic hydroxyl groups is 1. The van der Waals surface area contributed by atoms with Crippen LogP contribution in [0.3, 0.4) is 0 Å². The number of aryl methyl sites for hydroxylation is 1. The van der Waals surface area contributed by atoms with E-state index in [0.717, 1.165) is 13.7 Å². The van der Waals surface area contributed by atoms with Gasteiger partial charge in [-0.2, -0.15) is 0 Å². The fourth-order valence-corrected chi connectivity index (χ4v) is 2.81. The highest BCUT2D eigenvalue weighted by atomic mass is 127. The molecule has 0 spiro atoms. The van der Waals surface area contributed by atoms with Crippen molar-refractivity contribution < 1.29 is 9.84 Å². The van der Waals surface area contributed by atoms with E-state index in [0.29, 0.717) is 17.1 Å². The fraction of sp³-hybridized carbons (Fsp3) is 0.105. The molecule has 0 bridgehead atoms. The number of hydrogen-bond acceptors (Lipinski definition) is 5. The van der Waals surface area contributed by atoms with E-state index in [1.54, 1.807) is 30.3 Å². The molecule has 27 heavy (non-hydrogen) atoms. The van der Waals surface area contributed by atoms with Crippen molar-refractivity contribution in [3.8, 4) is 17.3 Å². The Morgan fingerprint density at radius 3 is 2.52 bits per heavy atom. The molecule has 3 rings (SSSR count). The van der Waals surface area contributed by atoms with Crippen LogP contribution < -0.4 is 16.0 Å². The molecule has 138 valence electrons. The summed E-state index contributed by atoms with van der Waals surface area (Å²) in [5.74, 6) is 0.117. The maximum Gasteiger partial charge on any atom is 0.335 e. The Morgan fingerprint density at radius 1 is 1.19 bits per heavy atom. The monoisotopic (exact) mass is 477 g/mol. The van der Waals surface area contributed by atoms with E-state index in [1.165, 1.54) is 13.3 Å². The van der Waals surface area contributed by atoms with Gasteiger partial charge in [-0.3, -0.25) is 14.8 Å². The predicted octanol–water partition coefficient (Wildman–Crippen LogP) is 2.90. The SMILES string of the molecule is COc1ccc(-n2c(O)c(C=Nc3ccc(I)c(C)c3)c(=O)[nH]c2=O)cc1. The number of hydrogen-bond donors (Lipinski definition) is 2. The van der Waals surface area contributed by atoms with Crippen molar-refractivity contribution >= 4 is 34.5 Å². The van der Waals surface area contributed by atoms with Crippen molar-refractivity contribution in [2.75, 3.05) is 7.11 Å². The summed E-state index contributed by atoms with van der Waals surface area (Å²) >= 11 is 2.22. The molecule has 0 aliphatic rings. The average Bonchev–Trinajstić information content (AvgIpc) is 2.64. The van der Waals surface area contributed by atoms with E-state index < -0.39 is 17.1 Å². The van der Waals surface area contributed by atoms with Crippen LogP contribution in [0.5, 0.6) is 11.6 Å². The number of halogens is 1. The molecule has 8 heteroatoms. The number of aromatic nitrogens is 2. The van der Waals surface area contributed by atoms with Crippen LogP contribution in [-0.2, 0) is 0 Å². The van der Waals surface area contributed by atoms with Gasteiger partial charge in [-0.25, -0.2) is 9.36 Å². The summed E-state index contributed by atoms with van der Waals surface area (Å²) in [4.78, 5) is 30.8. The lowest BCUT2D eigenvalue weighted by molar-refractivity contribution is 0.414. The van der Waals surface area contributed by atoms with Crippen molar-refractivity contribution in [1.29, 1.82) is 0 Å². The van der Waals surface area contributed by atoms with Crippen molar-refractivity contribution in [2.45, 2.75) is 6.92 Å². The molecule has 7 nitrogen and oxygen atoms in total. The molecule has 0 aliphatic carbocycles. The lowest BCUT2D eigenvalue weighted by Gasteiger charge is -2.10. The first-order valence-electron chi connectivity index (χ1n) is 7.93. The second-order valence-electron chi connectivity index (χ2n) is 5.72. The maximum absolute atomic E-state index is 12.2. The molecular formula is C19H16IN3O4. The predicted molar refractivity (Wildman–Crippen MR) is 112 cm³/mol. The Hall–Kier alpha value is -2.88. The van der Waals surface area contributed by atoms with Crippen molar-refractivity contribution in [3.63, 3.8) is 0 Å². The number of benzene rings is 2. The number of nitrogens with one attached hydrogen (secondary N) is 1. The highest BCUT2D eigenvalue weighted by molar-refractivity contribution is 14.1. The zero-order chi connectivity index (χ0) is 19.6. The standard InChI is InChI=1S/C19H16IN3O4/c1-11-9-12(3-8-16(11)20)21-10-15-17(24)22-19(26)23(18(15)25)13-4-6-14(27-2)7-5-13/h3-10,25H,1-2H3,(H,22,24,26). The summed E-state index contributed by atoms with van der Waals surface area (Å²) < 4.78 is 7.18. The summed E-state index contributed by atoms with van der Waals surface area (Å²) in [5, 5.41) is 10.5. The number of nitrogens with zero attached hydrogens (tertiary/aromatic N) is 2. The second-order valence-corrected chi connectivity index (χ2v) is 6.88. The molecule has 0 amide bonds. The minimum atomic E-state index is -0.745. The summed E-state index contributed by atoms with van der Waals surface area (Å²) in [6.07, 6.45) is 1.25. The van der Waals surface area contributed by atoms with E-state index in [9.17, 15) is 14.7 Å². The van der Waals surface area contributed by atoms with Crippen LogP contribution in [0.25, 0.3) is 5.69 Å². The molecule has 1 heterocycles. The van der Waals surface area contributed by atoms with Crippen LogP contribution >= 0.6 is 22.6 Å². The third kappa shape index (κ3) is 3.95. The van der Waals surface area contributed by atoms with Gasteiger partial charge in [-0.15, -0.1) is 0 Å². The van der Waals surface area contributed by atoms with Crippen LogP contribution in [0.4, 0.5) is 5.69 Å². The first-order chi connectivity index (χ1) is 12.9. The smallest absolute Gasteiger partial charge is 0.335 e. The molecular weight excluding hydrogens is 461 g/mol. The third-order valence-electron chi connectivity index (χ3n) is 3.94. The van der Waals surface area contributed by atoms with Gasteiger partial charge < -0.3 is 9.84 Å². The minimum Gasteiger partial charge on any atom is -0.497 e. The van der Waals surface area contributed by atoms with Gasteiger partial charge in [0.15, 0.2) is 0 Å². The molecule has 0 fully saturated rings. The average molecular weight is 477 g/mol. The topological polar surface area (TPSA) is 96.7 Å². The van der Waals surface area contributed by atoms with Crippen molar-refractivity contribution in [1.82, 2.24) is 9.55 Å². The van der Waals surface area contributed by atoms with E-state index in [2.05, 4.69) is 32.6 Å². The van der Waals surface area contributed by atoms with E-state index in [4.69, 9.17) is 4.74 Å². The molecule has 0 unspecified atom stereocenters. The molecule has 0 saturated carbocycles. The number of aromatic amines is 1. The summed E-state index contributed by atoms with van der Waals surface area (Å²) in [6, 6.07) is 12.1. The fourth-order valence-electron chi connectivity index (χ4n) is 2.47. The summed E-state index contributed by atoms with van der Waals surface area (Å²) in [5.41, 5.74) is 0.495. The van der Waals surface area contributed by atoms with Gasteiger partial charge in [0.1, 0.15) is 11.3 Å². The van der Waals surface area contributed by atoms with Crippen LogP contribution in [0, 0.1) is 10.5 Å². The first kappa shape index (κ1) is 18.9. The molecule has 0 radical (unpaired) electrons. The zero-order valence-electron chi connectivity index (χ0n) is 14.6. The van der Waals surface area contributed by atoms with Crippen LogP contribution in [0.2, 0.25) is 0 Å². The lowest BCUT2D eigenvalue weighted by atomic mass is 10.2. The number of rotatable bonds is 4. The number of H-pyrrole nitrogens is 1. The van der Waals surface area contributed by atoms with Crippen LogP contribution in [0.1, 0.15) is 11.1 Å². The molecule has 2 N–H and O–H groups in total. The van der Waals surface area contributed by atoms with Crippen molar-refractivity contribution in [2.24, 2.45) is 4.99 Å². The lowest BCUT2D eigenvalue weighted by Crippen LogP contribution is -2.31. The van der Waals surface area contributed by atoms with Crippen LogP contribution in [0.15, 0.2) is 57.0 Å². The minimum absolute atomic E-state index is 0.110. The van der Waals surface area contributed by atoms with Gasteiger partial charge in [0.2, 0.25) is 5.88 Å². The van der Waals surface area contributed by atoms with E-state index >= 15 is 0 Å². The highest BCUT2D eigenvalue weighted by Gasteiger charge is 2.14. The second kappa shape index (κ2) is 7.78. The Bertz CT molecular complexity index is 1130. The normalized spacial score (nSPS) is 11.1. The summed E-state index contributed by atoms with van der Waals surface area (Å²) in [6.45, 7) is 1.95. The van der Waals surface area contributed by atoms with Gasteiger partial charge >= 0.3 is 5.69 Å². The highest BCUT2D eigenvalue weighted by Crippen LogP contribution is 2.21. The number of ether oxygens (including phenoxy) is 1. The maximum atomic E-state index is 12.2. The first-order valence-corrected chi connectivity index (χ1v) is 9.01. The van der Waals surface area contributed by atoms with Gasteiger partial charge in [0, 0.05) is 9.78 Å². The van der Waals surface area contributed by atoms with Gasteiger partial charge in [-0.05, 0) is 77.5 Å². The van der Waals surface area contributed by atoms with Gasteiger partial charge in [-0.1, -0.05) is 0 Å². The van der Waals surface area contributed by atoms with E-state index in [1.807, 2.05) is 19.1 Å². The molecule has 0 atom stereocenters. The Labute approximate surface area is 168 Å². The Kier molecular flexibility index (Phi) is 5.45. The van der Waals surface area contributed by atoms with Crippen molar-refractivity contribution in [3.05, 3.63) is 78.0 Å². The summed E-state index contributed by atoms with van der Waals surface area (Å²) in [7, 11) is 1.53. The molecule has 1 aromatic heterocycles. The van der Waals surface area contributed by atoms with Gasteiger partial charge in [0.05, 0.1) is 18.5 Å². The number of aliphatic imine (C=N–C) groups is 1. The largest absolute Gasteiger partial charge is 0.497 e. The Morgan fingerprint density at radius 2 is 1.89 bits per heavy atom. The molecule has 3 aromatic rings. The quantitative estimate of drug-likeness (QED) is 0.446. The zero-order valence-corrected chi connectivity index (χ0v) is 16.7. The molecule has 0 saturated heterocycles. The van der Waals surface area contributed by atoms with Crippen LogP contribution in [-0.4, -0.2) is 28.0 Å². The molecule has 0 aliphatic heterocycles. The Balaban J connectivity index is 2.08. The molecule has 2 aromatic carbocycles. The van der Waals surface area contributed by atoms with E-state index in [-0.39, 0.29) is 5.56 Å². The number of methoxy groups -OCH3 is 1.